The van der Waals surface area contributed by atoms with E-state index in [0.29, 0.717) is 17.6 Å². The van der Waals surface area contributed by atoms with Crippen LogP contribution in [-0.2, 0) is 4.79 Å². The maximum absolute atomic E-state index is 12.1. The molecule has 0 bridgehead atoms. The number of halogens is 1. The summed E-state index contributed by atoms with van der Waals surface area (Å²) in [6.07, 6.45) is 1.16. The fourth-order valence-electron chi connectivity index (χ4n) is 3.27. The van der Waals surface area contributed by atoms with Gasteiger partial charge in [-0.25, -0.2) is 0 Å². The Morgan fingerprint density at radius 2 is 2.14 bits per heavy atom. The molecule has 1 aromatic carbocycles. The number of piperazine rings is 1. The minimum Gasteiger partial charge on any atom is -0.325 e. The fraction of sp³-hybridized carbons (Fsp3) is 0.562. The third-order valence-corrected chi connectivity index (χ3v) is 4.63. The lowest BCUT2D eigenvalue weighted by molar-refractivity contribution is -0.117. The largest absolute Gasteiger partial charge is 0.325 e. The van der Waals surface area contributed by atoms with E-state index in [4.69, 9.17) is 11.6 Å². The van der Waals surface area contributed by atoms with E-state index in [1.807, 2.05) is 12.1 Å². The molecule has 2 saturated heterocycles. The van der Waals surface area contributed by atoms with Gasteiger partial charge in [-0.3, -0.25) is 14.6 Å². The van der Waals surface area contributed by atoms with E-state index in [1.54, 1.807) is 12.1 Å². The lowest BCUT2D eigenvalue weighted by atomic mass is 10.2. The summed E-state index contributed by atoms with van der Waals surface area (Å²) in [4.78, 5) is 16.9. The highest BCUT2D eigenvalue weighted by molar-refractivity contribution is 6.30. The highest BCUT2D eigenvalue weighted by Crippen LogP contribution is 2.17. The van der Waals surface area contributed by atoms with Crippen molar-refractivity contribution in [2.75, 3.05) is 51.1 Å². The van der Waals surface area contributed by atoms with Gasteiger partial charge in [0, 0.05) is 56.0 Å². The highest BCUT2D eigenvalue weighted by atomic mass is 35.5. The average molecular weight is 323 g/mol. The van der Waals surface area contributed by atoms with Crippen LogP contribution < -0.4 is 10.6 Å². The van der Waals surface area contributed by atoms with Crippen LogP contribution in [0.5, 0.6) is 0 Å². The minimum absolute atomic E-state index is 0.0308. The van der Waals surface area contributed by atoms with Gasteiger partial charge in [0.1, 0.15) is 0 Å². The molecular weight excluding hydrogens is 300 g/mol. The molecule has 1 amide bonds. The maximum atomic E-state index is 12.1. The van der Waals surface area contributed by atoms with Crippen molar-refractivity contribution in [1.29, 1.82) is 0 Å². The van der Waals surface area contributed by atoms with Crippen LogP contribution in [0.4, 0.5) is 5.69 Å². The van der Waals surface area contributed by atoms with Crippen LogP contribution in [0, 0.1) is 0 Å². The predicted octanol–water partition coefficient (Wildman–Crippen LogP) is 1.26. The number of hydrogen-bond acceptors (Lipinski definition) is 4. The van der Waals surface area contributed by atoms with Crippen molar-refractivity contribution in [3.05, 3.63) is 29.3 Å². The molecule has 2 N–H and O–H groups in total. The SMILES string of the molecule is O=C(CN1CCC(N2CCNCC2)C1)Nc1cccc(Cl)c1. The molecule has 1 unspecified atom stereocenters. The number of nitrogens with zero attached hydrogens (tertiary/aromatic N) is 2. The minimum atomic E-state index is 0.0308. The molecule has 2 aliphatic heterocycles. The van der Waals surface area contributed by atoms with Crippen molar-refractivity contribution >= 4 is 23.2 Å². The van der Waals surface area contributed by atoms with E-state index < -0.39 is 0 Å². The van der Waals surface area contributed by atoms with Crippen molar-refractivity contribution < 1.29 is 4.79 Å². The molecule has 0 spiro atoms. The molecule has 5 nitrogen and oxygen atoms in total. The molecule has 0 aromatic heterocycles. The summed E-state index contributed by atoms with van der Waals surface area (Å²) in [5, 5.41) is 6.94. The topological polar surface area (TPSA) is 47.6 Å². The van der Waals surface area contributed by atoms with Crippen molar-refractivity contribution in [2.24, 2.45) is 0 Å². The Bertz CT molecular complexity index is 519. The zero-order chi connectivity index (χ0) is 15.4. The van der Waals surface area contributed by atoms with Crippen LogP contribution in [0.15, 0.2) is 24.3 Å². The quantitative estimate of drug-likeness (QED) is 0.876. The van der Waals surface area contributed by atoms with Crippen LogP contribution in [0.2, 0.25) is 5.02 Å². The van der Waals surface area contributed by atoms with Gasteiger partial charge in [0.05, 0.1) is 6.54 Å². The van der Waals surface area contributed by atoms with E-state index in [9.17, 15) is 4.79 Å². The molecule has 22 heavy (non-hydrogen) atoms. The molecule has 3 rings (SSSR count). The summed E-state index contributed by atoms with van der Waals surface area (Å²) in [6, 6.07) is 7.87. The summed E-state index contributed by atoms with van der Waals surface area (Å²) in [5.74, 6) is 0.0308. The van der Waals surface area contributed by atoms with E-state index >= 15 is 0 Å². The highest BCUT2D eigenvalue weighted by Gasteiger charge is 2.29. The first kappa shape index (κ1) is 15.7. The lowest BCUT2D eigenvalue weighted by Crippen LogP contribution is -2.49. The third kappa shape index (κ3) is 4.20. The van der Waals surface area contributed by atoms with E-state index in [0.717, 1.165) is 51.4 Å². The van der Waals surface area contributed by atoms with Crippen molar-refractivity contribution in [1.82, 2.24) is 15.1 Å². The van der Waals surface area contributed by atoms with Gasteiger partial charge >= 0.3 is 0 Å². The summed E-state index contributed by atoms with van der Waals surface area (Å²) in [7, 11) is 0. The second-order valence-electron chi connectivity index (χ2n) is 6.02. The molecule has 120 valence electrons. The number of rotatable bonds is 4. The zero-order valence-corrected chi connectivity index (χ0v) is 13.5. The molecule has 0 saturated carbocycles. The fourth-order valence-corrected chi connectivity index (χ4v) is 3.46. The van der Waals surface area contributed by atoms with Gasteiger partial charge < -0.3 is 10.6 Å². The van der Waals surface area contributed by atoms with Crippen LogP contribution in [0.1, 0.15) is 6.42 Å². The molecule has 1 atom stereocenters. The number of carbonyl (C=O) groups is 1. The second kappa shape index (κ2) is 7.42. The summed E-state index contributed by atoms with van der Waals surface area (Å²) < 4.78 is 0. The number of anilines is 1. The monoisotopic (exact) mass is 322 g/mol. The Morgan fingerprint density at radius 1 is 1.32 bits per heavy atom. The van der Waals surface area contributed by atoms with E-state index in [-0.39, 0.29) is 5.91 Å². The van der Waals surface area contributed by atoms with Crippen molar-refractivity contribution in [2.45, 2.75) is 12.5 Å². The number of benzene rings is 1. The van der Waals surface area contributed by atoms with Crippen molar-refractivity contribution in [3.63, 3.8) is 0 Å². The van der Waals surface area contributed by atoms with Gasteiger partial charge in [-0.05, 0) is 24.6 Å². The summed E-state index contributed by atoms with van der Waals surface area (Å²) >= 11 is 5.93. The molecular formula is C16H23ClN4O. The van der Waals surface area contributed by atoms with Gasteiger partial charge in [-0.15, -0.1) is 0 Å². The van der Waals surface area contributed by atoms with Gasteiger partial charge in [0.15, 0.2) is 0 Å². The van der Waals surface area contributed by atoms with Gasteiger partial charge in [0.25, 0.3) is 0 Å². The average Bonchev–Trinajstić information content (AvgIpc) is 2.96. The Balaban J connectivity index is 1.46. The first-order chi connectivity index (χ1) is 10.7. The summed E-state index contributed by atoms with van der Waals surface area (Å²) in [6.45, 7) is 6.83. The van der Waals surface area contributed by atoms with Gasteiger partial charge in [-0.2, -0.15) is 0 Å². The molecule has 1 aromatic rings. The predicted molar refractivity (Wildman–Crippen MR) is 89.4 cm³/mol. The third-order valence-electron chi connectivity index (χ3n) is 4.39. The first-order valence-electron chi connectivity index (χ1n) is 7.93. The van der Waals surface area contributed by atoms with Gasteiger partial charge in [0.2, 0.25) is 5.91 Å². The van der Waals surface area contributed by atoms with Crippen LogP contribution >= 0.6 is 11.6 Å². The van der Waals surface area contributed by atoms with E-state index in [2.05, 4.69) is 20.4 Å². The number of amides is 1. The summed E-state index contributed by atoms with van der Waals surface area (Å²) in [5.41, 5.74) is 0.760. The Kier molecular flexibility index (Phi) is 5.31. The molecule has 0 aliphatic carbocycles. The van der Waals surface area contributed by atoms with E-state index in [1.165, 1.54) is 0 Å². The number of carbonyl (C=O) groups excluding carboxylic acids is 1. The Hall–Kier alpha value is -1.14. The molecule has 0 radical (unpaired) electrons. The normalized spacial score (nSPS) is 23.6. The molecule has 2 fully saturated rings. The second-order valence-corrected chi connectivity index (χ2v) is 6.46. The Morgan fingerprint density at radius 3 is 2.91 bits per heavy atom. The smallest absolute Gasteiger partial charge is 0.238 e. The lowest BCUT2D eigenvalue weighted by Gasteiger charge is -2.32. The van der Waals surface area contributed by atoms with Crippen LogP contribution in [0.25, 0.3) is 0 Å². The number of likely N-dealkylation sites (tertiary alicyclic amines) is 1. The first-order valence-corrected chi connectivity index (χ1v) is 8.31. The number of nitrogens with one attached hydrogen (secondary N) is 2. The van der Waals surface area contributed by atoms with Crippen LogP contribution in [0.3, 0.4) is 0 Å². The zero-order valence-electron chi connectivity index (χ0n) is 12.7. The Labute approximate surface area is 136 Å². The number of hydrogen-bond donors (Lipinski definition) is 2. The van der Waals surface area contributed by atoms with Crippen LogP contribution in [-0.4, -0.2) is 67.6 Å². The molecule has 2 heterocycles. The maximum Gasteiger partial charge on any atom is 0.238 e. The molecule has 6 heteroatoms. The van der Waals surface area contributed by atoms with Crippen molar-refractivity contribution in [3.8, 4) is 0 Å². The van der Waals surface area contributed by atoms with Gasteiger partial charge in [-0.1, -0.05) is 17.7 Å². The molecule has 2 aliphatic rings. The standard InChI is InChI=1S/C16H23ClN4O/c17-13-2-1-3-14(10-13)19-16(22)12-20-7-4-15(11-20)21-8-5-18-6-9-21/h1-3,10,15,18H,4-9,11-12H2,(H,19,22).